The Morgan fingerprint density at radius 2 is 1.00 bits per heavy atom. The van der Waals surface area contributed by atoms with E-state index in [1.165, 1.54) is 49.1 Å². The first kappa shape index (κ1) is 21.2. The molecule has 0 N–H and O–H groups in total. The summed E-state index contributed by atoms with van der Waals surface area (Å²) < 4.78 is 1.07. The van der Waals surface area contributed by atoms with E-state index in [2.05, 4.69) is 154 Å². The minimum Gasteiger partial charge on any atom is -0.310 e. The van der Waals surface area contributed by atoms with Crippen molar-refractivity contribution in [2.75, 3.05) is 4.90 Å². The van der Waals surface area contributed by atoms with Gasteiger partial charge in [-0.05, 0) is 80.5 Å². The summed E-state index contributed by atoms with van der Waals surface area (Å²) in [6.45, 7) is 0. The highest BCUT2D eigenvalue weighted by atomic mass is 79.9. The van der Waals surface area contributed by atoms with Gasteiger partial charge in [0.25, 0.3) is 0 Å². The van der Waals surface area contributed by atoms with Crippen LogP contribution in [0.25, 0.3) is 43.4 Å². The lowest BCUT2D eigenvalue weighted by molar-refractivity contribution is 1.30. The summed E-state index contributed by atoms with van der Waals surface area (Å²) in [5.74, 6) is 0. The van der Waals surface area contributed by atoms with Crippen molar-refractivity contribution in [3.63, 3.8) is 0 Å². The van der Waals surface area contributed by atoms with Crippen molar-refractivity contribution < 1.29 is 0 Å². The van der Waals surface area contributed by atoms with E-state index in [0.29, 0.717) is 0 Å². The van der Waals surface area contributed by atoms with E-state index >= 15 is 0 Å². The van der Waals surface area contributed by atoms with Gasteiger partial charge in [-0.15, -0.1) is 0 Å². The Kier molecular flexibility index (Phi) is 5.00. The molecule has 0 fully saturated rings. The van der Waals surface area contributed by atoms with E-state index in [4.69, 9.17) is 0 Å². The van der Waals surface area contributed by atoms with Crippen LogP contribution in [0.2, 0.25) is 0 Å². The molecule has 7 aromatic rings. The average molecular weight is 524 g/mol. The molecular weight excluding hydrogens is 502 g/mol. The van der Waals surface area contributed by atoms with Gasteiger partial charge in [0.15, 0.2) is 0 Å². The van der Waals surface area contributed by atoms with Crippen molar-refractivity contribution in [3.8, 4) is 11.1 Å². The van der Waals surface area contributed by atoms with Gasteiger partial charge in [-0.25, -0.2) is 0 Å². The molecule has 7 aromatic carbocycles. The van der Waals surface area contributed by atoms with Crippen LogP contribution in [0.3, 0.4) is 0 Å². The van der Waals surface area contributed by atoms with E-state index in [1.807, 2.05) is 0 Å². The zero-order chi connectivity index (χ0) is 24.1. The van der Waals surface area contributed by atoms with Crippen LogP contribution in [-0.4, -0.2) is 0 Å². The van der Waals surface area contributed by atoms with E-state index in [9.17, 15) is 0 Å². The van der Waals surface area contributed by atoms with Crippen LogP contribution in [0.1, 0.15) is 0 Å². The van der Waals surface area contributed by atoms with Crippen molar-refractivity contribution in [2.24, 2.45) is 0 Å². The molecule has 0 saturated heterocycles. The topological polar surface area (TPSA) is 3.24 Å². The van der Waals surface area contributed by atoms with Gasteiger partial charge in [-0.3, -0.25) is 0 Å². The van der Waals surface area contributed by atoms with Crippen molar-refractivity contribution >= 4 is 65.3 Å². The number of nitrogens with zero attached hydrogens (tertiary/aromatic N) is 1. The second kappa shape index (κ2) is 8.51. The van der Waals surface area contributed by atoms with E-state index < -0.39 is 0 Å². The van der Waals surface area contributed by atoms with Crippen molar-refractivity contribution in [1.29, 1.82) is 0 Å². The SMILES string of the molecule is Brc1ccc(N(c2ccccc2)c2ccc3ccc4c(-c5ccccc5)ccc5ccc2c3c54)cc1. The van der Waals surface area contributed by atoms with E-state index in [1.54, 1.807) is 0 Å². The smallest absolute Gasteiger partial charge is 0.0540 e. The zero-order valence-corrected chi connectivity index (χ0v) is 21.1. The zero-order valence-electron chi connectivity index (χ0n) is 19.5. The Balaban J connectivity index is 1.55. The maximum Gasteiger partial charge on any atom is 0.0540 e. The maximum atomic E-state index is 3.60. The van der Waals surface area contributed by atoms with Crippen LogP contribution in [0.15, 0.2) is 138 Å². The first-order valence-corrected chi connectivity index (χ1v) is 12.9. The molecule has 0 bridgehead atoms. The summed E-state index contributed by atoms with van der Waals surface area (Å²) in [7, 11) is 0. The second-order valence-corrected chi connectivity index (χ2v) is 10.0. The Morgan fingerprint density at radius 3 is 1.72 bits per heavy atom. The number of hydrogen-bond acceptors (Lipinski definition) is 1. The van der Waals surface area contributed by atoms with Gasteiger partial charge in [-0.1, -0.05) is 107 Å². The first-order chi connectivity index (χ1) is 17.8. The standard InChI is InChI=1S/C34H22BrN/c35-26-15-17-28(18-16-26)36(27-9-5-2-6-10-27)32-22-14-25-12-20-30-29(23-7-3-1-4-8-23)19-11-24-13-21-31(32)34(25)33(24)30/h1-22H. The summed E-state index contributed by atoms with van der Waals surface area (Å²) in [5.41, 5.74) is 5.96. The highest BCUT2D eigenvalue weighted by molar-refractivity contribution is 9.10. The monoisotopic (exact) mass is 523 g/mol. The van der Waals surface area contributed by atoms with Gasteiger partial charge in [0, 0.05) is 21.2 Å². The van der Waals surface area contributed by atoms with Crippen molar-refractivity contribution in [3.05, 3.63) is 138 Å². The Bertz CT molecular complexity index is 1820. The fourth-order valence-electron chi connectivity index (χ4n) is 5.44. The third-order valence-corrected chi connectivity index (χ3v) is 7.60. The Labute approximate surface area is 218 Å². The highest BCUT2D eigenvalue weighted by Gasteiger charge is 2.19. The molecular formula is C34H22BrN. The lowest BCUT2D eigenvalue weighted by Gasteiger charge is -2.28. The molecule has 0 unspecified atom stereocenters. The van der Waals surface area contributed by atoms with E-state index in [-0.39, 0.29) is 0 Å². The van der Waals surface area contributed by atoms with Crippen molar-refractivity contribution in [1.82, 2.24) is 0 Å². The molecule has 0 atom stereocenters. The summed E-state index contributed by atoms with van der Waals surface area (Å²) in [6, 6.07) is 48.0. The molecule has 0 spiro atoms. The van der Waals surface area contributed by atoms with Crippen LogP contribution in [-0.2, 0) is 0 Å². The lowest BCUT2D eigenvalue weighted by atomic mass is 9.89. The predicted molar refractivity (Wildman–Crippen MR) is 158 cm³/mol. The summed E-state index contributed by atoms with van der Waals surface area (Å²) in [4.78, 5) is 2.36. The lowest BCUT2D eigenvalue weighted by Crippen LogP contribution is -2.10. The summed E-state index contributed by atoms with van der Waals surface area (Å²) >= 11 is 3.60. The number of rotatable bonds is 4. The normalized spacial score (nSPS) is 11.5. The van der Waals surface area contributed by atoms with E-state index in [0.717, 1.165) is 15.8 Å². The number of para-hydroxylation sites is 1. The highest BCUT2D eigenvalue weighted by Crippen LogP contribution is 2.45. The van der Waals surface area contributed by atoms with Gasteiger partial charge in [0.2, 0.25) is 0 Å². The number of hydrogen-bond donors (Lipinski definition) is 0. The summed E-state index contributed by atoms with van der Waals surface area (Å²) in [6.07, 6.45) is 0. The molecule has 0 aliphatic carbocycles. The molecule has 170 valence electrons. The minimum absolute atomic E-state index is 1.07. The average Bonchev–Trinajstić information content (AvgIpc) is 2.94. The fourth-order valence-corrected chi connectivity index (χ4v) is 5.71. The van der Waals surface area contributed by atoms with Crippen LogP contribution in [0.4, 0.5) is 17.1 Å². The Morgan fingerprint density at radius 1 is 0.444 bits per heavy atom. The van der Waals surface area contributed by atoms with Gasteiger partial charge in [0.05, 0.1) is 5.69 Å². The molecule has 1 nitrogen and oxygen atoms in total. The third kappa shape index (κ3) is 3.37. The molecule has 2 heteroatoms. The van der Waals surface area contributed by atoms with Crippen LogP contribution >= 0.6 is 15.9 Å². The molecule has 0 saturated carbocycles. The first-order valence-electron chi connectivity index (χ1n) is 12.1. The molecule has 0 amide bonds. The Hall–Kier alpha value is -4.14. The molecule has 0 aliphatic rings. The largest absolute Gasteiger partial charge is 0.310 e. The summed E-state index contributed by atoms with van der Waals surface area (Å²) in [5, 5.41) is 7.73. The van der Waals surface area contributed by atoms with Gasteiger partial charge >= 0.3 is 0 Å². The molecule has 0 aromatic heterocycles. The third-order valence-electron chi connectivity index (χ3n) is 7.07. The molecule has 0 aliphatic heterocycles. The quantitative estimate of drug-likeness (QED) is 0.207. The molecule has 36 heavy (non-hydrogen) atoms. The molecule has 0 radical (unpaired) electrons. The van der Waals surface area contributed by atoms with Crippen molar-refractivity contribution in [2.45, 2.75) is 0 Å². The van der Waals surface area contributed by atoms with Gasteiger partial charge < -0.3 is 4.90 Å². The molecule has 7 rings (SSSR count). The fraction of sp³-hybridized carbons (Fsp3) is 0. The molecule has 0 heterocycles. The second-order valence-electron chi connectivity index (χ2n) is 9.13. The van der Waals surface area contributed by atoms with Crippen LogP contribution < -0.4 is 4.90 Å². The van der Waals surface area contributed by atoms with Gasteiger partial charge in [0.1, 0.15) is 0 Å². The predicted octanol–water partition coefficient (Wildman–Crippen LogP) is 10.5. The number of halogens is 1. The van der Waals surface area contributed by atoms with Crippen LogP contribution in [0.5, 0.6) is 0 Å². The maximum absolute atomic E-state index is 3.60. The minimum atomic E-state index is 1.07. The van der Waals surface area contributed by atoms with Crippen LogP contribution in [0, 0.1) is 0 Å². The number of anilines is 3. The van der Waals surface area contributed by atoms with Gasteiger partial charge in [-0.2, -0.15) is 0 Å². The number of benzene rings is 7.